The highest BCUT2D eigenvalue weighted by Crippen LogP contribution is 2.26. The van der Waals surface area contributed by atoms with Gasteiger partial charge in [-0.05, 0) is 24.8 Å². The Morgan fingerprint density at radius 3 is 2.81 bits per heavy atom. The van der Waals surface area contributed by atoms with Gasteiger partial charge in [0.2, 0.25) is 0 Å². The molecule has 2 heterocycles. The number of nitrogen functional groups attached to an aromatic ring is 1. The van der Waals surface area contributed by atoms with Crippen LogP contribution in [0.5, 0.6) is 0 Å². The Balaban J connectivity index is 2.45. The summed E-state index contributed by atoms with van der Waals surface area (Å²) >= 11 is 1.72. The molecule has 0 aliphatic rings. The largest absolute Gasteiger partial charge is 0.384 e. The van der Waals surface area contributed by atoms with Gasteiger partial charge in [-0.15, -0.1) is 11.3 Å². The Hall–Kier alpha value is -1.42. The van der Waals surface area contributed by atoms with Crippen LogP contribution in [0.25, 0.3) is 11.3 Å². The third kappa shape index (κ3) is 2.22. The topological polar surface area (TPSA) is 51.8 Å². The van der Waals surface area contributed by atoms with Gasteiger partial charge >= 0.3 is 0 Å². The van der Waals surface area contributed by atoms with Crippen molar-refractivity contribution in [2.24, 2.45) is 0 Å². The van der Waals surface area contributed by atoms with E-state index in [1.165, 1.54) is 4.88 Å². The van der Waals surface area contributed by atoms with E-state index in [9.17, 15) is 0 Å². The molecule has 0 saturated heterocycles. The highest BCUT2D eigenvalue weighted by molar-refractivity contribution is 7.10. The minimum Gasteiger partial charge on any atom is -0.384 e. The zero-order valence-electron chi connectivity index (χ0n) is 9.53. The second-order valence-corrected chi connectivity index (χ2v) is 4.85. The molecule has 4 heteroatoms. The second-order valence-electron chi connectivity index (χ2n) is 3.73. The fourth-order valence-corrected chi connectivity index (χ4v) is 2.35. The van der Waals surface area contributed by atoms with E-state index in [2.05, 4.69) is 35.3 Å². The van der Waals surface area contributed by atoms with Crippen LogP contribution in [-0.4, -0.2) is 9.97 Å². The first kappa shape index (κ1) is 11.1. The average Bonchev–Trinajstić information content (AvgIpc) is 2.64. The van der Waals surface area contributed by atoms with Gasteiger partial charge in [0, 0.05) is 22.9 Å². The Kier molecular flexibility index (Phi) is 3.19. The van der Waals surface area contributed by atoms with Crippen molar-refractivity contribution in [2.75, 3.05) is 5.73 Å². The Morgan fingerprint density at radius 2 is 2.19 bits per heavy atom. The molecule has 3 nitrogen and oxygen atoms in total. The molecular weight excluding hydrogens is 218 g/mol. The molecule has 16 heavy (non-hydrogen) atoms. The molecule has 0 aliphatic heterocycles. The lowest BCUT2D eigenvalue weighted by molar-refractivity contribution is 0.839. The minimum atomic E-state index is 0.555. The van der Waals surface area contributed by atoms with Crippen LogP contribution in [-0.2, 0) is 6.42 Å². The first-order chi connectivity index (χ1) is 7.70. The van der Waals surface area contributed by atoms with E-state index in [1.54, 1.807) is 11.3 Å². The summed E-state index contributed by atoms with van der Waals surface area (Å²) in [6.07, 6.45) is 1.91. The van der Waals surface area contributed by atoms with Crippen molar-refractivity contribution in [1.29, 1.82) is 0 Å². The molecule has 0 aromatic carbocycles. The summed E-state index contributed by atoms with van der Waals surface area (Å²) in [5.41, 5.74) is 7.90. The molecular formula is C12H15N3S. The van der Waals surface area contributed by atoms with Crippen molar-refractivity contribution >= 4 is 17.2 Å². The third-order valence-electron chi connectivity index (χ3n) is 2.40. The number of hydrogen-bond acceptors (Lipinski definition) is 4. The fourth-order valence-electron chi connectivity index (χ4n) is 1.64. The monoisotopic (exact) mass is 233 g/mol. The SMILES string of the molecule is CCCc1nc(N)cc(-c2ccsc2C)n1. The second kappa shape index (κ2) is 4.61. The van der Waals surface area contributed by atoms with Crippen LogP contribution in [0, 0.1) is 6.92 Å². The summed E-state index contributed by atoms with van der Waals surface area (Å²) in [4.78, 5) is 10.0. The van der Waals surface area contributed by atoms with Crippen molar-refractivity contribution in [3.05, 3.63) is 28.2 Å². The van der Waals surface area contributed by atoms with Gasteiger partial charge in [-0.2, -0.15) is 0 Å². The number of thiophene rings is 1. The van der Waals surface area contributed by atoms with E-state index in [0.717, 1.165) is 29.9 Å². The predicted molar refractivity (Wildman–Crippen MR) is 68.5 cm³/mol. The quantitative estimate of drug-likeness (QED) is 0.886. The van der Waals surface area contributed by atoms with E-state index < -0.39 is 0 Å². The first-order valence-electron chi connectivity index (χ1n) is 5.38. The number of hydrogen-bond donors (Lipinski definition) is 1. The third-order valence-corrected chi connectivity index (χ3v) is 3.25. The molecule has 0 saturated carbocycles. The molecule has 0 radical (unpaired) electrons. The number of rotatable bonds is 3. The van der Waals surface area contributed by atoms with Crippen LogP contribution in [0.2, 0.25) is 0 Å². The standard InChI is InChI=1S/C12H15N3S/c1-3-4-12-14-10(7-11(13)15-12)9-5-6-16-8(9)2/h5-7H,3-4H2,1-2H3,(H2,13,14,15). The number of aromatic nitrogens is 2. The van der Waals surface area contributed by atoms with Crippen LogP contribution in [0.4, 0.5) is 5.82 Å². The number of anilines is 1. The molecule has 0 bridgehead atoms. The summed E-state index contributed by atoms with van der Waals surface area (Å²) in [6, 6.07) is 3.92. The highest BCUT2D eigenvalue weighted by atomic mass is 32.1. The van der Waals surface area contributed by atoms with E-state index >= 15 is 0 Å². The van der Waals surface area contributed by atoms with Crippen molar-refractivity contribution in [2.45, 2.75) is 26.7 Å². The lowest BCUT2D eigenvalue weighted by atomic mass is 10.2. The maximum absolute atomic E-state index is 5.80. The molecule has 0 amide bonds. The lowest BCUT2D eigenvalue weighted by Crippen LogP contribution is -2.01. The molecule has 2 rings (SSSR count). The van der Waals surface area contributed by atoms with Crippen LogP contribution >= 0.6 is 11.3 Å². The summed E-state index contributed by atoms with van der Waals surface area (Å²) in [5, 5.41) is 2.07. The van der Waals surface area contributed by atoms with Gasteiger partial charge in [-0.25, -0.2) is 9.97 Å². The van der Waals surface area contributed by atoms with Crippen LogP contribution in [0.1, 0.15) is 24.0 Å². The van der Waals surface area contributed by atoms with Crippen molar-refractivity contribution in [3.8, 4) is 11.3 Å². The molecule has 0 spiro atoms. The van der Waals surface area contributed by atoms with E-state index in [-0.39, 0.29) is 0 Å². The van der Waals surface area contributed by atoms with Gasteiger partial charge in [0.15, 0.2) is 0 Å². The number of aryl methyl sites for hydroxylation is 2. The molecule has 84 valence electrons. The van der Waals surface area contributed by atoms with E-state index in [1.807, 2.05) is 6.07 Å². The predicted octanol–water partition coefficient (Wildman–Crippen LogP) is 3.05. The Bertz CT molecular complexity index is 491. The molecule has 0 fully saturated rings. The van der Waals surface area contributed by atoms with Gasteiger partial charge in [0.05, 0.1) is 5.69 Å². The van der Waals surface area contributed by atoms with Crippen LogP contribution in [0.3, 0.4) is 0 Å². The molecule has 2 aromatic rings. The van der Waals surface area contributed by atoms with Crippen molar-refractivity contribution in [3.63, 3.8) is 0 Å². The molecule has 0 unspecified atom stereocenters. The Morgan fingerprint density at radius 1 is 1.38 bits per heavy atom. The summed E-state index contributed by atoms with van der Waals surface area (Å²) < 4.78 is 0. The number of nitrogens with zero attached hydrogens (tertiary/aromatic N) is 2. The highest BCUT2D eigenvalue weighted by Gasteiger charge is 2.07. The Labute approximate surface area is 99.4 Å². The maximum atomic E-state index is 5.80. The average molecular weight is 233 g/mol. The van der Waals surface area contributed by atoms with E-state index in [4.69, 9.17) is 5.73 Å². The maximum Gasteiger partial charge on any atom is 0.131 e. The van der Waals surface area contributed by atoms with Crippen LogP contribution < -0.4 is 5.73 Å². The lowest BCUT2D eigenvalue weighted by Gasteiger charge is -2.04. The molecule has 2 aromatic heterocycles. The number of nitrogens with two attached hydrogens (primary N) is 1. The zero-order valence-corrected chi connectivity index (χ0v) is 10.3. The first-order valence-corrected chi connectivity index (χ1v) is 6.26. The van der Waals surface area contributed by atoms with Crippen LogP contribution in [0.15, 0.2) is 17.5 Å². The minimum absolute atomic E-state index is 0.555. The fraction of sp³-hybridized carbons (Fsp3) is 0.333. The van der Waals surface area contributed by atoms with Gasteiger partial charge in [0.1, 0.15) is 11.6 Å². The summed E-state index contributed by atoms with van der Waals surface area (Å²) in [7, 11) is 0. The molecule has 0 aliphatic carbocycles. The zero-order chi connectivity index (χ0) is 11.5. The normalized spacial score (nSPS) is 10.6. The van der Waals surface area contributed by atoms with Gasteiger partial charge < -0.3 is 5.73 Å². The van der Waals surface area contributed by atoms with Gasteiger partial charge in [0.25, 0.3) is 0 Å². The molecule has 2 N–H and O–H groups in total. The molecule has 0 atom stereocenters. The van der Waals surface area contributed by atoms with Crippen molar-refractivity contribution < 1.29 is 0 Å². The van der Waals surface area contributed by atoms with Gasteiger partial charge in [-0.3, -0.25) is 0 Å². The van der Waals surface area contributed by atoms with Crippen molar-refractivity contribution in [1.82, 2.24) is 9.97 Å². The van der Waals surface area contributed by atoms with E-state index in [0.29, 0.717) is 5.82 Å². The summed E-state index contributed by atoms with van der Waals surface area (Å²) in [5.74, 6) is 1.39. The summed E-state index contributed by atoms with van der Waals surface area (Å²) in [6.45, 7) is 4.21. The smallest absolute Gasteiger partial charge is 0.131 e. The van der Waals surface area contributed by atoms with Gasteiger partial charge in [-0.1, -0.05) is 6.92 Å².